The molecule has 0 saturated heterocycles. The number of benzene rings is 1. The zero-order chi connectivity index (χ0) is 9.68. The van der Waals surface area contributed by atoms with Gasteiger partial charge in [-0.1, -0.05) is 12.1 Å². The molecule has 0 aliphatic carbocycles. The quantitative estimate of drug-likeness (QED) is 0.725. The summed E-state index contributed by atoms with van der Waals surface area (Å²) in [7, 11) is 0. The first kappa shape index (κ1) is 9.43. The molecule has 3 nitrogen and oxygen atoms in total. The van der Waals surface area contributed by atoms with Crippen molar-refractivity contribution in [2.75, 3.05) is 0 Å². The highest BCUT2D eigenvalue weighted by Crippen LogP contribution is 2.04. The predicted octanol–water partition coefficient (Wildman–Crippen LogP) is 0.538. The van der Waals surface area contributed by atoms with Crippen LogP contribution in [0.4, 0.5) is 0 Å². The molecular formula is C10H9N2O. The Morgan fingerprint density at radius 3 is 2.46 bits per heavy atom. The summed E-state index contributed by atoms with van der Waals surface area (Å²) in [6.07, 6.45) is 2.17. The van der Waals surface area contributed by atoms with Crippen molar-refractivity contribution in [1.82, 2.24) is 0 Å². The van der Waals surface area contributed by atoms with E-state index >= 15 is 0 Å². The Morgan fingerprint density at radius 2 is 2.00 bits per heavy atom. The maximum atomic E-state index is 10.1. The first-order valence-corrected chi connectivity index (χ1v) is 3.88. The van der Waals surface area contributed by atoms with Crippen LogP contribution in [0.5, 0.6) is 0 Å². The molecule has 0 unspecified atom stereocenters. The molecule has 0 aromatic heterocycles. The van der Waals surface area contributed by atoms with Gasteiger partial charge in [0.15, 0.2) is 0 Å². The van der Waals surface area contributed by atoms with Crippen molar-refractivity contribution in [3.05, 3.63) is 35.4 Å². The van der Waals surface area contributed by atoms with Crippen LogP contribution in [0.1, 0.15) is 11.1 Å². The van der Waals surface area contributed by atoms with Crippen LogP contribution in [0.2, 0.25) is 0 Å². The molecule has 0 aliphatic heterocycles. The molecule has 1 aromatic rings. The number of nitriles is 1. The molecule has 1 rings (SSSR count). The molecule has 13 heavy (non-hydrogen) atoms. The molecular weight excluding hydrogens is 164 g/mol. The summed E-state index contributed by atoms with van der Waals surface area (Å²) in [5, 5.41) is 8.52. The van der Waals surface area contributed by atoms with E-state index in [0.29, 0.717) is 12.0 Å². The minimum atomic E-state index is -0.576. The molecule has 0 fully saturated rings. The average molecular weight is 173 g/mol. The van der Waals surface area contributed by atoms with Gasteiger partial charge >= 0.3 is 0 Å². The van der Waals surface area contributed by atoms with E-state index in [0.717, 1.165) is 5.56 Å². The Labute approximate surface area is 76.8 Å². The van der Waals surface area contributed by atoms with Gasteiger partial charge in [0, 0.05) is 0 Å². The standard InChI is InChI=1S/C10H9N2O/c11-6-9-3-1-8(2-4-9)5-10(12)7-13/h1-4,10H,5,12H2/t10-/m1/s1. The summed E-state index contributed by atoms with van der Waals surface area (Å²) in [4.78, 5) is 10.1. The molecule has 1 atom stereocenters. The summed E-state index contributed by atoms with van der Waals surface area (Å²) in [6, 6.07) is 8.41. The zero-order valence-corrected chi connectivity index (χ0v) is 7.03. The molecule has 0 aliphatic rings. The van der Waals surface area contributed by atoms with Gasteiger partial charge in [0.1, 0.15) is 0 Å². The molecule has 3 heteroatoms. The van der Waals surface area contributed by atoms with Gasteiger partial charge in [-0.05, 0) is 24.1 Å². The fourth-order valence-corrected chi connectivity index (χ4v) is 1.01. The van der Waals surface area contributed by atoms with Crippen molar-refractivity contribution >= 4 is 6.29 Å². The van der Waals surface area contributed by atoms with Crippen LogP contribution in [0.15, 0.2) is 24.3 Å². The summed E-state index contributed by atoms with van der Waals surface area (Å²) in [5.74, 6) is 0. The minimum Gasteiger partial charge on any atom is -0.321 e. The molecule has 0 spiro atoms. The first-order valence-electron chi connectivity index (χ1n) is 3.88. The van der Waals surface area contributed by atoms with Crippen molar-refractivity contribution in [1.29, 1.82) is 5.26 Å². The van der Waals surface area contributed by atoms with Crippen LogP contribution in [-0.4, -0.2) is 12.3 Å². The smallest absolute Gasteiger partial charge is 0.217 e. The van der Waals surface area contributed by atoms with E-state index in [2.05, 4.69) is 0 Å². The Morgan fingerprint density at radius 1 is 1.38 bits per heavy atom. The van der Waals surface area contributed by atoms with E-state index < -0.39 is 6.04 Å². The Hall–Kier alpha value is -1.66. The second-order valence-corrected chi connectivity index (χ2v) is 2.74. The SMILES string of the molecule is N#Cc1ccc(C[C@@H](N)[C]=O)cc1. The van der Waals surface area contributed by atoms with Gasteiger partial charge in [0.05, 0.1) is 17.7 Å². The number of nitrogens with zero attached hydrogens (tertiary/aromatic N) is 1. The van der Waals surface area contributed by atoms with Crippen LogP contribution < -0.4 is 5.73 Å². The van der Waals surface area contributed by atoms with Crippen LogP contribution >= 0.6 is 0 Å². The van der Waals surface area contributed by atoms with Gasteiger partial charge < -0.3 is 5.73 Å². The van der Waals surface area contributed by atoms with Gasteiger partial charge in [-0.2, -0.15) is 5.26 Å². The number of rotatable bonds is 3. The third kappa shape index (κ3) is 2.69. The van der Waals surface area contributed by atoms with Crippen molar-refractivity contribution in [2.24, 2.45) is 5.73 Å². The molecule has 0 amide bonds. The third-order valence-corrected chi connectivity index (χ3v) is 1.69. The van der Waals surface area contributed by atoms with Crippen LogP contribution in [0, 0.1) is 11.3 Å². The number of carbonyl (C=O) groups excluding carboxylic acids is 1. The van der Waals surface area contributed by atoms with E-state index in [9.17, 15) is 4.79 Å². The van der Waals surface area contributed by atoms with Gasteiger partial charge in [-0.25, -0.2) is 0 Å². The lowest BCUT2D eigenvalue weighted by Crippen LogP contribution is -2.23. The highest BCUT2D eigenvalue weighted by Gasteiger charge is 2.02. The number of hydrogen-bond donors (Lipinski definition) is 1. The van der Waals surface area contributed by atoms with Crippen LogP contribution in [-0.2, 0) is 11.2 Å². The van der Waals surface area contributed by atoms with E-state index in [1.54, 1.807) is 30.6 Å². The van der Waals surface area contributed by atoms with Crippen molar-refractivity contribution in [3.8, 4) is 6.07 Å². The zero-order valence-electron chi connectivity index (χ0n) is 7.03. The Balaban J connectivity index is 2.70. The fraction of sp³-hybridized carbons (Fsp3) is 0.200. The van der Waals surface area contributed by atoms with Crippen molar-refractivity contribution < 1.29 is 4.79 Å². The Bertz CT molecular complexity index is 324. The summed E-state index contributed by atoms with van der Waals surface area (Å²) in [5.41, 5.74) is 6.93. The Kier molecular flexibility index (Phi) is 3.18. The molecule has 65 valence electrons. The molecule has 1 aromatic carbocycles. The molecule has 0 saturated carbocycles. The molecule has 0 bridgehead atoms. The van der Waals surface area contributed by atoms with E-state index in [4.69, 9.17) is 11.0 Å². The van der Waals surface area contributed by atoms with Gasteiger partial charge in [0.2, 0.25) is 6.29 Å². The minimum absolute atomic E-state index is 0.467. The van der Waals surface area contributed by atoms with E-state index in [-0.39, 0.29) is 0 Å². The summed E-state index contributed by atoms with van der Waals surface area (Å²) >= 11 is 0. The highest BCUT2D eigenvalue weighted by molar-refractivity contribution is 5.58. The molecule has 0 heterocycles. The second-order valence-electron chi connectivity index (χ2n) is 2.74. The van der Waals surface area contributed by atoms with E-state index in [1.807, 2.05) is 6.07 Å². The number of nitrogens with two attached hydrogens (primary N) is 1. The van der Waals surface area contributed by atoms with Crippen molar-refractivity contribution in [2.45, 2.75) is 12.5 Å². The molecule has 1 radical (unpaired) electrons. The topological polar surface area (TPSA) is 66.9 Å². The first-order chi connectivity index (χ1) is 6.26. The molecule has 2 N–H and O–H groups in total. The van der Waals surface area contributed by atoms with Gasteiger partial charge in [0.25, 0.3) is 0 Å². The lowest BCUT2D eigenvalue weighted by atomic mass is 10.1. The lowest BCUT2D eigenvalue weighted by molar-refractivity contribution is 0.541. The largest absolute Gasteiger partial charge is 0.321 e. The maximum Gasteiger partial charge on any atom is 0.217 e. The highest BCUT2D eigenvalue weighted by atomic mass is 16.1. The second kappa shape index (κ2) is 4.39. The van der Waals surface area contributed by atoms with Gasteiger partial charge in [-0.15, -0.1) is 0 Å². The van der Waals surface area contributed by atoms with Crippen molar-refractivity contribution in [3.63, 3.8) is 0 Å². The third-order valence-electron chi connectivity index (χ3n) is 1.69. The predicted molar refractivity (Wildman–Crippen MR) is 48.5 cm³/mol. The van der Waals surface area contributed by atoms with Crippen LogP contribution in [0.3, 0.4) is 0 Å². The summed E-state index contributed by atoms with van der Waals surface area (Å²) < 4.78 is 0. The van der Waals surface area contributed by atoms with E-state index in [1.165, 1.54) is 0 Å². The number of hydrogen-bond acceptors (Lipinski definition) is 3. The lowest BCUT2D eigenvalue weighted by Gasteiger charge is -2.02. The van der Waals surface area contributed by atoms with Crippen LogP contribution in [0.25, 0.3) is 0 Å². The normalized spacial score (nSPS) is 11.7. The monoisotopic (exact) mass is 173 g/mol. The summed E-state index contributed by atoms with van der Waals surface area (Å²) in [6.45, 7) is 0. The van der Waals surface area contributed by atoms with Gasteiger partial charge in [-0.3, -0.25) is 4.79 Å². The fourth-order valence-electron chi connectivity index (χ4n) is 1.01. The average Bonchev–Trinajstić information content (AvgIpc) is 2.19. The maximum absolute atomic E-state index is 10.1.